The van der Waals surface area contributed by atoms with Gasteiger partial charge in [-0.05, 0) is 66.9 Å². The highest BCUT2D eigenvalue weighted by Gasteiger charge is 2.42. The van der Waals surface area contributed by atoms with Crippen molar-refractivity contribution in [3.63, 3.8) is 0 Å². The number of ether oxygens (including phenoxy) is 3. The highest BCUT2D eigenvalue weighted by atomic mass is 32.2. The molecule has 0 aromatic heterocycles. The summed E-state index contributed by atoms with van der Waals surface area (Å²) in [6.45, 7) is 2.84. The van der Waals surface area contributed by atoms with Crippen LogP contribution in [-0.4, -0.2) is 50.3 Å². The van der Waals surface area contributed by atoms with Crippen LogP contribution in [0.25, 0.3) is 0 Å². The zero-order chi connectivity index (χ0) is 28.6. The molecule has 3 aromatic rings. The van der Waals surface area contributed by atoms with E-state index in [1.54, 1.807) is 43.4 Å². The fraction of sp³-hybridized carbons (Fsp3) is 0.300. The monoisotopic (exact) mass is 563 g/mol. The SMILES string of the molecule is CCOc1cc(CCNC(=O)C[C@H]2S[C@@H](c3ccc(OC)cc3)N(c3cccc(C(N)=O)c3)C2=O)ccc1OC. The molecular formula is C30H33N3O6S. The van der Waals surface area contributed by atoms with Gasteiger partial charge in [0.15, 0.2) is 11.5 Å². The number of nitrogens with zero attached hydrogens (tertiary/aromatic N) is 1. The van der Waals surface area contributed by atoms with E-state index in [0.29, 0.717) is 48.1 Å². The van der Waals surface area contributed by atoms with E-state index in [1.807, 2.05) is 49.4 Å². The van der Waals surface area contributed by atoms with Crippen molar-refractivity contribution in [3.8, 4) is 17.2 Å². The molecule has 3 N–H and O–H groups in total. The van der Waals surface area contributed by atoms with E-state index in [1.165, 1.54) is 11.8 Å². The van der Waals surface area contributed by atoms with Gasteiger partial charge in [0.2, 0.25) is 17.7 Å². The Kier molecular flexibility index (Phi) is 9.55. The molecule has 0 saturated carbocycles. The van der Waals surface area contributed by atoms with Gasteiger partial charge in [-0.25, -0.2) is 0 Å². The number of primary amides is 1. The molecule has 1 fully saturated rings. The van der Waals surface area contributed by atoms with Gasteiger partial charge in [0.05, 0.1) is 26.1 Å². The van der Waals surface area contributed by atoms with Crippen LogP contribution < -0.4 is 30.2 Å². The molecule has 0 spiro atoms. The first-order valence-corrected chi connectivity index (χ1v) is 13.9. The molecule has 1 aliphatic heterocycles. The number of hydrogen-bond donors (Lipinski definition) is 2. The molecule has 3 amide bonds. The lowest BCUT2D eigenvalue weighted by Crippen LogP contribution is -2.34. The summed E-state index contributed by atoms with van der Waals surface area (Å²) in [5.74, 6) is 1.00. The average molecular weight is 564 g/mol. The third-order valence-electron chi connectivity index (χ3n) is 6.48. The van der Waals surface area contributed by atoms with Gasteiger partial charge in [-0.1, -0.05) is 24.3 Å². The van der Waals surface area contributed by atoms with Crippen molar-refractivity contribution in [1.82, 2.24) is 5.32 Å². The smallest absolute Gasteiger partial charge is 0.248 e. The van der Waals surface area contributed by atoms with Crippen molar-refractivity contribution >= 4 is 35.2 Å². The Hall–Kier alpha value is -4.18. The number of amides is 3. The summed E-state index contributed by atoms with van der Waals surface area (Å²) >= 11 is 1.40. The van der Waals surface area contributed by atoms with Gasteiger partial charge in [0, 0.05) is 24.2 Å². The zero-order valence-electron chi connectivity index (χ0n) is 22.7. The molecule has 40 heavy (non-hydrogen) atoms. The molecular weight excluding hydrogens is 530 g/mol. The maximum absolute atomic E-state index is 13.6. The average Bonchev–Trinajstić information content (AvgIpc) is 3.28. The molecule has 210 valence electrons. The maximum Gasteiger partial charge on any atom is 0.248 e. The van der Waals surface area contributed by atoms with E-state index in [9.17, 15) is 14.4 Å². The molecule has 9 nitrogen and oxygen atoms in total. The van der Waals surface area contributed by atoms with Crippen LogP contribution in [0.1, 0.15) is 40.2 Å². The van der Waals surface area contributed by atoms with Crippen molar-refractivity contribution in [2.75, 3.05) is 32.3 Å². The quantitative estimate of drug-likeness (QED) is 0.340. The Morgan fingerprint density at radius 3 is 2.45 bits per heavy atom. The van der Waals surface area contributed by atoms with Gasteiger partial charge >= 0.3 is 0 Å². The van der Waals surface area contributed by atoms with E-state index < -0.39 is 16.5 Å². The summed E-state index contributed by atoms with van der Waals surface area (Å²) in [6, 6.07) is 19.8. The van der Waals surface area contributed by atoms with Crippen molar-refractivity contribution in [2.45, 2.75) is 30.4 Å². The van der Waals surface area contributed by atoms with Gasteiger partial charge in [-0.2, -0.15) is 0 Å². The summed E-state index contributed by atoms with van der Waals surface area (Å²) in [6.07, 6.45) is 0.622. The van der Waals surface area contributed by atoms with Crippen molar-refractivity contribution in [1.29, 1.82) is 0 Å². The second kappa shape index (κ2) is 13.3. The van der Waals surface area contributed by atoms with Crippen LogP contribution in [0.15, 0.2) is 66.7 Å². The van der Waals surface area contributed by atoms with Gasteiger partial charge in [-0.3, -0.25) is 19.3 Å². The maximum atomic E-state index is 13.6. The molecule has 1 heterocycles. The lowest BCUT2D eigenvalue weighted by molar-refractivity contribution is -0.124. The molecule has 1 saturated heterocycles. The van der Waals surface area contributed by atoms with Crippen LogP contribution >= 0.6 is 11.8 Å². The number of thioether (sulfide) groups is 1. The number of hydrogen-bond acceptors (Lipinski definition) is 7. The van der Waals surface area contributed by atoms with Crippen LogP contribution in [0.3, 0.4) is 0 Å². The standard InChI is InChI=1S/C30H33N3O6S/c1-4-39-25-16-19(8-13-24(25)38-3)14-15-32-27(34)18-26-29(36)33(22-7-5-6-21(17-22)28(31)35)30(40-26)20-9-11-23(37-2)12-10-20/h5-13,16-17,26,30H,4,14-15,18H2,1-3H3,(H2,31,35)(H,32,34)/t26-,30+/m1/s1. The largest absolute Gasteiger partial charge is 0.497 e. The number of carbonyl (C=O) groups excluding carboxylic acids is 3. The molecule has 2 atom stereocenters. The second-order valence-electron chi connectivity index (χ2n) is 9.10. The number of benzene rings is 3. The van der Waals surface area contributed by atoms with Gasteiger partial charge in [0.1, 0.15) is 11.1 Å². The molecule has 3 aromatic carbocycles. The molecule has 4 rings (SSSR count). The van der Waals surface area contributed by atoms with E-state index in [0.717, 1.165) is 11.1 Å². The van der Waals surface area contributed by atoms with Crippen LogP contribution in [0.4, 0.5) is 5.69 Å². The summed E-state index contributed by atoms with van der Waals surface area (Å²) in [4.78, 5) is 40.0. The highest BCUT2D eigenvalue weighted by molar-refractivity contribution is 8.01. The summed E-state index contributed by atoms with van der Waals surface area (Å²) < 4.78 is 16.2. The minimum Gasteiger partial charge on any atom is -0.497 e. The highest BCUT2D eigenvalue weighted by Crippen LogP contribution is 2.47. The van der Waals surface area contributed by atoms with E-state index >= 15 is 0 Å². The Balaban J connectivity index is 1.46. The third kappa shape index (κ3) is 6.69. The number of nitrogens with one attached hydrogen (secondary N) is 1. The molecule has 0 radical (unpaired) electrons. The predicted octanol–water partition coefficient (Wildman–Crippen LogP) is 4.10. The molecule has 10 heteroatoms. The van der Waals surface area contributed by atoms with Gasteiger partial charge in [-0.15, -0.1) is 11.8 Å². The first kappa shape index (κ1) is 28.8. The van der Waals surface area contributed by atoms with Crippen molar-refractivity contribution in [3.05, 3.63) is 83.4 Å². The predicted molar refractivity (Wildman–Crippen MR) is 155 cm³/mol. The normalized spacial score (nSPS) is 16.5. The first-order chi connectivity index (χ1) is 19.3. The van der Waals surface area contributed by atoms with E-state index in [2.05, 4.69) is 5.32 Å². The minimum absolute atomic E-state index is 0.0228. The zero-order valence-corrected chi connectivity index (χ0v) is 23.5. The Bertz CT molecular complexity index is 1360. The van der Waals surface area contributed by atoms with Crippen LogP contribution in [0.5, 0.6) is 17.2 Å². The number of rotatable bonds is 12. The minimum atomic E-state index is -0.602. The topological polar surface area (TPSA) is 120 Å². The van der Waals surface area contributed by atoms with E-state index in [4.69, 9.17) is 19.9 Å². The lowest BCUT2D eigenvalue weighted by Gasteiger charge is -2.24. The number of methoxy groups -OCH3 is 2. The van der Waals surface area contributed by atoms with Crippen molar-refractivity contribution in [2.24, 2.45) is 5.73 Å². The summed E-state index contributed by atoms with van der Waals surface area (Å²) in [7, 11) is 3.18. The molecule has 0 unspecified atom stereocenters. The van der Waals surface area contributed by atoms with E-state index in [-0.39, 0.29) is 18.2 Å². The van der Waals surface area contributed by atoms with Crippen molar-refractivity contribution < 1.29 is 28.6 Å². The summed E-state index contributed by atoms with van der Waals surface area (Å²) in [5.41, 5.74) is 8.20. The van der Waals surface area contributed by atoms with Gasteiger partial charge in [0.25, 0.3) is 0 Å². The van der Waals surface area contributed by atoms with Gasteiger partial charge < -0.3 is 25.3 Å². The molecule has 1 aliphatic rings. The Labute approximate surface area is 238 Å². The molecule has 0 bridgehead atoms. The number of carbonyl (C=O) groups is 3. The third-order valence-corrected chi connectivity index (χ3v) is 7.92. The number of anilines is 1. The van der Waals surface area contributed by atoms with Crippen LogP contribution in [0, 0.1) is 0 Å². The summed E-state index contributed by atoms with van der Waals surface area (Å²) in [5, 5.41) is 1.94. The Morgan fingerprint density at radius 2 is 1.77 bits per heavy atom. The molecule has 0 aliphatic carbocycles. The number of nitrogens with two attached hydrogens (primary N) is 1. The Morgan fingerprint density at radius 1 is 1.00 bits per heavy atom. The van der Waals surface area contributed by atoms with Crippen LogP contribution in [0.2, 0.25) is 0 Å². The lowest BCUT2D eigenvalue weighted by atomic mass is 10.1. The fourth-order valence-corrected chi connectivity index (χ4v) is 5.93. The first-order valence-electron chi connectivity index (χ1n) is 12.9. The van der Waals surface area contributed by atoms with Crippen LogP contribution in [-0.2, 0) is 16.0 Å². The fourth-order valence-electron chi connectivity index (χ4n) is 4.48. The second-order valence-corrected chi connectivity index (χ2v) is 10.4.